The van der Waals surface area contributed by atoms with Gasteiger partial charge in [-0.05, 0) is 30.7 Å². The molecule has 2 rings (SSSR count). The number of ether oxygens (including phenoxy) is 2. The van der Waals surface area contributed by atoms with Crippen LogP contribution in [0.1, 0.15) is 46.6 Å². The number of nitrogens with one attached hydrogen (secondary N) is 1. The molecule has 1 aromatic carbocycles. The van der Waals surface area contributed by atoms with Crippen LogP contribution in [-0.2, 0) is 5.41 Å². The lowest BCUT2D eigenvalue weighted by Crippen LogP contribution is -2.61. The number of hydrogen-bond donors (Lipinski definition) is 1. The van der Waals surface area contributed by atoms with Gasteiger partial charge in [-0.15, -0.1) is 0 Å². The second-order valence-corrected chi connectivity index (χ2v) is 7.62. The molecule has 0 bridgehead atoms. The molecule has 0 saturated heterocycles. The molecule has 1 aromatic rings. The van der Waals surface area contributed by atoms with E-state index in [0.717, 1.165) is 17.9 Å². The first-order chi connectivity index (χ1) is 9.70. The summed E-state index contributed by atoms with van der Waals surface area (Å²) in [6.45, 7) is 11.1. The van der Waals surface area contributed by atoms with Crippen molar-refractivity contribution in [3.05, 3.63) is 23.8 Å². The number of hydrogen-bond acceptors (Lipinski definition) is 3. The summed E-state index contributed by atoms with van der Waals surface area (Å²) < 4.78 is 11.7. The Morgan fingerprint density at radius 1 is 1.24 bits per heavy atom. The SMILES string of the molecule is CNC1CC(Oc2ccc(OC)cc2C(C)(C)C)C1(C)C. The van der Waals surface area contributed by atoms with E-state index in [1.165, 1.54) is 5.56 Å². The van der Waals surface area contributed by atoms with E-state index in [0.29, 0.717) is 6.04 Å². The molecule has 0 aromatic heterocycles. The first-order valence-corrected chi connectivity index (χ1v) is 7.72. The highest BCUT2D eigenvalue weighted by molar-refractivity contribution is 5.44. The maximum atomic E-state index is 6.36. The van der Waals surface area contributed by atoms with E-state index in [9.17, 15) is 0 Å². The Morgan fingerprint density at radius 3 is 2.38 bits per heavy atom. The van der Waals surface area contributed by atoms with E-state index in [-0.39, 0.29) is 16.9 Å². The summed E-state index contributed by atoms with van der Waals surface area (Å²) >= 11 is 0. The van der Waals surface area contributed by atoms with Gasteiger partial charge in [0.1, 0.15) is 17.6 Å². The molecule has 2 atom stereocenters. The third kappa shape index (κ3) is 3.03. The fourth-order valence-corrected chi connectivity index (χ4v) is 3.05. The van der Waals surface area contributed by atoms with Gasteiger partial charge in [-0.2, -0.15) is 0 Å². The molecule has 1 fully saturated rings. The minimum Gasteiger partial charge on any atom is -0.497 e. The molecule has 3 heteroatoms. The lowest BCUT2D eigenvalue weighted by molar-refractivity contribution is -0.0528. The van der Waals surface area contributed by atoms with E-state index >= 15 is 0 Å². The van der Waals surface area contributed by atoms with Crippen molar-refractivity contribution in [2.75, 3.05) is 14.2 Å². The molecule has 3 nitrogen and oxygen atoms in total. The van der Waals surface area contributed by atoms with Crippen LogP contribution in [0.2, 0.25) is 0 Å². The standard InChI is InChI=1S/C18H29NO2/c1-17(2,3)13-10-12(20-7)8-9-14(13)21-16-11-15(19-6)18(16,4)5/h8-10,15-16,19H,11H2,1-7H3. The van der Waals surface area contributed by atoms with Crippen LogP contribution in [-0.4, -0.2) is 26.3 Å². The van der Waals surface area contributed by atoms with Crippen molar-refractivity contribution in [3.8, 4) is 11.5 Å². The van der Waals surface area contributed by atoms with Crippen LogP contribution < -0.4 is 14.8 Å². The van der Waals surface area contributed by atoms with E-state index in [2.05, 4.69) is 46.0 Å². The van der Waals surface area contributed by atoms with Gasteiger partial charge in [-0.25, -0.2) is 0 Å². The molecule has 0 amide bonds. The highest BCUT2D eigenvalue weighted by Crippen LogP contribution is 2.44. The van der Waals surface area contributed by atoms with Gasteiger partial charge < -0.3 is 14.8 Å². The van der Waals surface area contributed by atoms with Crippen molar-refractivity contribution in [3.63, 3.8) is 0 Å². The van der Waals surface area contributed by atoms with Crippen LogP contribution >= 0.6 is 0 Å². The fraction of sp³-hybridized carbons (Fsp3) is 0.667. The summed E-state index contributed by atoms with van der Waals surface area (Å²) in [7, 11) is 3.73. The van der Waals surface area contributed by atoms with Gasteiger partial charge >= 0.3 is 0 Å². The van der Waals surface area contributed by atoms with E-state index in [1.54, 1.807) is 7.11 Å². The number of methoxy groups -OCH3 is 1. The van der Waals surface area contributed by atoms with Crippen molar-refractivity contribution in [2.24, 2.45) is 5.41 Å². The van der Waals surface area contributed by atoms with Crippen LogP contribution in [0, 0.1) is 5.41 Å². The molecular formula is C18H29NO2. The molecule has 2 unspecified atom stereocenters. The quantitative estimate of drug-likeness (QED) is 0.916. The molecule has 1 aliphatic carbocycles. The zero-order valence-corrected chi connectivity index (χ0v) is 14.4. The van der Waals surface area contributed by atoms with Gasteiger partial charge in [-0.3, -0.25) is 0 Å². The smallest absolute Gasteiger partial charge is 0.123 e. The van der Waals surface area contributed by atoms with Crippen molar-refractivity contribution in [2.45, 2.75) is 58.6 Å². The Morgan fingerprint density at radius 2 is 1.90 bits per heavy atom. The maximum absolute atomic E-state index is 6.36. The molecule has 21 heavy (non-hydrogen) atoms. The minimum absolute atomic E-state index is 0.0279. The van der Waals surface area contributed by atoms with Gasteiger partial charge in [0.15, 0.2) is 0 Å². The summed E-state index contributed by atoms with van der Waals surface area (Å²) in [5.74, 6) is 1.86. The highest BCUT2D eigenvalue weighted by Gasteiger charge is 2.49. The van der Waals surface area contributed by atoms with Crippen molar-refractivity contribution < 1.29 is 9.47 Å². The van der Waals surface area contributed by atoms with Crippen LogP contribution in [0.3, 0.4) is 0 Å². The average Bonchev–Trinajstić information content (AvgIpc) is 2.41. The summed E-state index contributed by atoms with van der Waals surface area (Å²) in [6, 6.07) is 6.64. The van der Waals surface area contributed by atoms with Gasteiger partial charge in [0.25, 0.3) is 0 Å². The van der Waals surface area contributed by atoms with Gasteiger partial charge in [0.2, 0.25) is 0 Å². The highest BCUT2D eigenvalue weighted by atomic mass is 16.5. The monoisotopic (exact) mass is 291 g/mol. The van der Waals surface area contributed by atoms with Crippen molar-refractivity contribution in [1.82, 2.24) is 5.32 Å². The Bertz CT molecular complexity index is 502. The Balaban J connectivity index is 2.25. The summed E-state index contributed by atoms with van der Waals surface area (Å²) in [5, 5.41) is 3.37. The summed E-state index contributed by atoms with van der Waals surface area (Å²) in [4.78, 5) is 0. The largest absolute Gasteiger partial charge is 0.497 e. The molecule has 1 N–H and O–H groups in total. The molecule has 118 valence electrons. The Hall–Kier alpha value is -1.22. The van der Waals surface area contributed by atoms with Gasteiger partial charge in [0.05, 0.1) is 7.11 Å². The number of rotatable bonds is 4. The molecule has 0 spiro atoms. The van der Waals surface area contributed by atoms with Crippen LogP contribution in [0.25, 0.3) is 0 Å². The zero-order valence-electron chi connectivity index (χ0n) is 14.4. The van der Waals surface area contributed by atoms with E-state index in [1.807, 2.05) is 19.2 Å². The zero-order chi connectivity index (χ0) is 15.8. The molecular weight excluding hydrogens is 262 g/mol. The van der Waals surface area contributed by atoms with Crippen molar-refractivity contribution >= 4 is 0 Å². The first-order valence-electron chi connectivity index (χ1n) is 7.72. The second-order valence-electron chi connectivity index (χ2n) is 7.62. The van der Waals surface area contributed by atoms with Crippen LogP contribution in [0.5, 0.6) is 11.5 Å². The fourth-order valence-electron chi connectivity index (χ4n) is 3.05. The minimum atomic E-state index is 0.0279. The van der Waals surface area contributed by atoms with E-state index in [4.69, 9.17) is 9.47 Å². The maximum Gasteiger partial charge on any atom is 0.123 e. The first kappa shape index (κ1) is 16.2. The third-order valence-electron chi connectivity index (χ3n) is 4.79. The molecule has 0 aliphatic heterocycles. The van der Waals surface area contributed by atoms with Crippen molar-refractivity contribution in [1.29, 1.82) is 0 Å². The van der Waals surface area contributed by atoms with Gasteiger partial charge in [-0.1, -0.05) is 34.6 Å². The van der Waals surface area contributed by atoms with Gasteiger partial charge in [0, 0.05) is 23.4 Å². The summed E-state index contributed by atoms with van der Waals surface area (Å²) in [5.41, 5.74) is 1.38. The molecule has 1 saturated carbocycles. The number of benzene rings is 1. The predicted molar refractivity (Wildman–Crippen MR) is 87.4 cm³/mol. The Kier molecular flexibility index (Phi) is 4.25. The molecule has 0 radical (unpaired) electrons. The second kappa shape index (κ2) is 5.53. The normalized spacial score (nSPS) is 24.3. The lowest BCUT2D eigenvalue weighted by Gasteiger charge is -2.51. The summed E-state index contributed by atoms with van der Waals surface area (Å²) in [6.07, 6.45) is 1.31. The lowest BCUT2D eigenvalue weighted by atomic mass is 9.64. The topological polar surface area (TPSA) is 30.5 Å². The van der Waals surface area contributed by atoms with E-state index < -0.39 is 0 Å². The molecule has 0 heterocycles. The Labute approximate surface area is 129 Å². The van der Waals surface area contributed by atoms with Crippen LogP contribution in [0.15, 0.2) is 18.2 Å². The van der Waals surface area contributed by atoms with Crippen LogP contribution in [0.4, 0.5) is 0 Å². The molecule has 1 aliphatic rings. The average molecular weight is 291 g/mol. The predicted octanol–water partition coefficient (Wildman–Crippen LogP) is 3.76. The third-order valence-corrected chi connectivity index (χ3v) is 4.79.